The molecule has 2 N–H and O–H groups in total. The van der Waals surface area contributed by atoms with Gasteiger partial charge in [-0.3, -0.25) is 9.69 Å². The summed E-state index contributed by atoms with van der Waals surface area (Å²) in [7, 11) is 0. The number of aliphatic hydroxyl groups excluding tert-OH is 1. The number of amides is 3. The van der Waals surface area contributed by atoms with Crippen molar-refractivity contribution in [1.82, 2.24) is 10.2 Å². The Bertz CT molecular complexity index is 722. The number of hydrogen-bond acceptors (Lipinski definition) is 4. The number of likely N-dealkylation sites (tertiary alicyclic amines) is 1. The van der Waals surface area contributed by atoms with Gasteiger partial charge in [0, 0.05) is 48.8 Å². The minimum Gasteiger partial charge on any atom is -0.396 e. The van der Waals surface area contributed by atoms with E-state index in [1.807, 2.05) is 24.0 Å². The van der Waals surface area contributed by atoms with Crippen LogP contribution in [0.4, 0.5) is 10.5 Å². The summed E-state index contributed by atoms with van der Waals surface area (Å²) in [5.74, 6) is 0.138. The number of nitrogens with one attached hydrogen (secondary N) is 1. The highest BCUT2D eigenvalue weighted by molar-refractivity contribution is 5.99. The summed E-state index contributed by atoms with van der Waals surface area (Å²) in [4.78, 5) is 28.4. The maximum atomic E-state index is 13.0. The van der Waals surface area contributed by atoms with Crippen molar-refractivity contribution in [1.29, 1.82) is 0 Å². The predicted molar refractivity (Wildman–Crippen MR) is 91.7 cm³/mol. The number of nitrogens with zero attached hydrogens (tertiary/aromatic N) is 2. The molecule has 7 heteroatoms. The number of hydrogen-bond donors (Lipinski definition) is 2. The second-order valence-corrected chi connectivity index (χ2v) is 7.30. The van der Waals surface area contributed by atoms with Gasteiger partial charge in [-0.05, 0) is 24.6 Å². The summed E-state index contributed by atoms with van der Waals surface area (Å²) in [5, 5.41) is 12.6. The average molecular weight is 345 g/mol. The topological polar surface area (TPSA) is 82.1 Å². The molecular weight excluding hydrogens is 322 g/mol. The third-order valence-corrected chi connectivity index (χ3v) is 5.73. The first-order valence-electron chi connectivity index (χ1n) is 8.68. The van der Waals surface area contributed by atoms with Crippen LogP contribution in [0.3, 0.4) is 0 Å². The van der Waals surface area contributed by atoms with E-state index in [0.717, 1.165) is 11.3 Å². The normalized spacial score (nSPS) is 28.4. The molecule has 4 rings (SSSR count). The Kier molecular flexibility index (Phi) is 3.92. The van der Waals surface area contributed by atoms with Crippen LogP contribution in [0, 0.1) is 18.3 Å². The number of ether oxygens (including phenoxy) is 1. The van der Waals surface area contributed by atoms with Crippen molar-refractivity contribution >= 4 is 17.6 Å². The van der Waals surface area contributed by atoms with Crippen LogP contribution in [-0.2, 0) is 4.74 Å². The van der Waals surface area contributed by atoms with Crippen molar-refractivity contribution in [3.63, 3.8) is 0 Å². The summed E-state index contributed by atoms with van der Waals surface area (Å²) in [6.07, 6.45) is 0. The zero-order chi connectivity index (χ0) is 17.6. The number of benzene rings is 1. The number of carbonyl (C=O) groups is 2. The third-order valence-electron chi connectivity index (χ3n) is 5.73. The van der Waals surface area contributed by atoms with Crippen molar-refractivity contribution in [2.75, 3.05) is 50.9 Å². The fraction of sp³-hybridized carbons (Fsp3) is 0.556. The third kappa shape index (κ3) is 2.58. The Hall–Kier alpha value is -2.12. The van der Waals surface area contributed by atoms with Crippen molar-refractivity contribution in [2.24, 2.45) is 11.3 Å². The van der Waals surface area contributed by atoms with E-state index in [0.29, 0.717) is 45.0 Å². The highest BCUT2D eigenvalue weighted by atomic mass is 16.5. The Balaban J connectivity index is 1.58. The summed E-state index contributed by atoms with van der Waals surface area (Å²) < 4.78 is 5.50. The standard InChI is InChI=1S/C18H23N3O4/c1-12-2-3-13(6-15(12)21-5-4-19-17(21)24)16(23)20-7-14-8-25-11-18(14,9-20)10-22/h2-3,6,14,22H,4-5,7-11H2,1H3,(H,19,24)/t14-,18-/m0/s1. The SMILES string of the molecule is Cc1ccc(C(=O)N2C[C@H]3COC[C@@]3(CO)C2)cc1N1CCNC1=O. The molecule has 134 valence electrons. The van der Waals surface area contributed by atoms with Crippen LogP contribution < -0.4 is 10.2 Å². The number of fused-ring (bicyclic) bond motifs is 1. The molecule has 0 spiro atoms. The van der Waals surface area contributed by atoms with Gasteiger partial charge in [0.15, 0.2) is 0 Å². The van der Waals surface area contributed by atoms with Gasteiger partial charge in [-0.2, -0.15) is 0 Å². The summed E-state index contributed by atoms with van der Waals surface area (Å²) in [6.45, 7) is 5.41. The van der Waals surface area contributed by atoms with Gasteiger partial charge in [0.1, 0.15) is 0 Å². The number of anilines is 1. The van der Waals surface area contributed by atoms with Crippen LogP contribution in [0.25, 0.3) is 0 Å². The molecule has 25 heavy (non-hydrogen) atoms. The number of carbonyl (C=O) groups excluding carboxylic acids is 2. The second kappa shape index (κ2) is 6.00. The maximum Gasteiger partial charge on any atom is 0.322 e. The molecule has 3 heterocycles. The molecule has 3 amide bonds. The lowest BCUT2D eigenvalue weighted by molar-refractivity contribution is 0.0631. The average Bonchev–Trinajstić information content (AvgIpc) is 3.28. The first kappa shape index (κ1) is 16.4. The van der Waals surface area contributed by atoms with Crippen molar-refractivity contribution in [3.05, 3.63) is 29.3 Å². The zero-order valence-electron chi connectivity index (χ0n) is 14.3. The number of aliphatic hydroxyl groups is 1. The minimum atomic E-state index is -0.321. The van der Waals surface area contributed by atoms with Crippen LogP contribution in [0.5, 0.6) is 0 Å². The molecule has 3 aliphatic rings. The van der Waals surface area contributed by atoms with Gasteiger partial charge in [0.05, 0.1) is 19.8 Å². The van der Waals surface area contributed by atoms with E-state index >= 15 is 0 Å². The fourth-order valence-electron chi connectivity index (χ4n) is 4.13. The monoisotopic (exact) mass is 345 g/mol. The van der Waals surface area contributed by atoms with Gasteiger partial charge in [-0.15, -0.1) is 0 Å². The molecule has 1 aromatic rings. The molecule has 0 saturated carbocycles. The van der Waals surface area contributed by atoms with E-state index < -0.39 is 0 Å². The van der Waals surface area contributed by atoms with Gasteiger partial charge in [-0.25, -0.2) is 4.79 Å². The lowest BCUT2D eigenvalue weighted by Crippen LogP contribution is -2.36. The number of aryl methyl sites for hydroxylation is 1. The molecule has 0 bridgehead atoms. The van der Waals surface area contributed by atoms with Crippen LogP contribution >= 0.6 is 0 Å². The highest BCUT2D eigenvalue weighted by Gasteiger charge is 2.51. The van der Waals surface area contributed by atoms with E-state index in [-0.39, 0.29) is 29.9 Å². The fourth-order valence-corrected chi connectivity index (χ4v) is 4.13. The predicted octanol–water partition coefficient (Wildman–Crippen LogP) is 0.606. The molecule has 1 aromatic carbocycles. The first-order chi connectivity index (χ1) is 12.0. The summed E-state index contributed by atoms with van der Waals surface area (Å²) in [6, 6.07) is 5.37. The summed E-state index contributed by atoms with van der Waals surface area (Å²) in [5.41, 5.74) is 2.00. The van der Waals surface area contributed by atoms with Crippen LogP contribution in [-0.4, -0.2) is 67.9 Å². The van der Waals surface area contributed by atoms with Crippen LogP contribution in [0.1, 0.15) is 15.9 Å². The van der Waals surface area contributed by atoms with Crippen LogP contribution in [0.15, 0.2) is 18.2 Å². The summed E-state index contributed by atoms with van der Waals surface area (Å²) >= 11 is 0. The highest BCUT2D eigenvalue weighted by Crippen LogP contribution is 2.41. The van der Waals surface area contributed by atoms with E-state index in [1.54, 1.807) is 11.0 Å². The molecule has 3 fully saturated rings. The number of rotatable bonds is 3. The van der Waals surface area contributed by atoms with E-state index in [2.05, 4.69) is 5.32 Å². The Morgan fingerprint density at radius 2 is 2.32 bits per heavy atom. The number of urea groups is 1. The first-order valence-corrected chi connectivity index (χ1v) is 8.68. The molecule has 0 aromatic heterocycles. The van der Waals surface area contributed by atoms with Crippen LogP contribution in [0.2, 0.25) is 0 Å². The van der Waals surface area contributed by atoms with E-state index in [4.69, 9.17) is 4.74 Å². The zero-order valence-corrected chi connectivity index (χ0v) is 14.3. The molecule has 0 unspecified atom stereocenters. The van der Waals surface area contributed by atoms with Gasteiger partial charge in [0.25, 0.3) is 5.91 Å². The van der Waals surface area contributed by atoms with Crippen molar-refractivity contribution in [3.8, 4) is 0 Å². The Labute approximate surface area is 146 Å². The quantitative estimate of drug-likeness (QED) is 0.841. The maximum absolute atomic E-state index is 13.0. The molecule has 2 atom stereocenters. The smallest absolute Gasteiger partial charge is 0.322 e. The molecule has 0 radical (unpaired) electrons. The Morgan fingerprint density at radius 3 is 3.00 bits per heavy atom. The van der Waals surface area contributed by atoms with E-state index in [9.17, 15) is 14.7 Å². The minimum absolute atomic E-state index is 0.0363. The molecule has 3 aliphatic heterocycles. The Morgan fingerprint density at radius 1 is 1.48 bits per heavy atom. The van der Waals surface area contributed by atoms with Gasteiger partial charge < -0.3 is 20.1 Å². The van der Waals surface area contributed by atoms with Gasteiger partial charge >= 0.3 is 6.03 Å². The van der Waals surface area contributed by atoms with Crippen molar-refractivity contribution < 1.29 is 19.4 Å². The molecule has 0 aliphatic carbocycles. The van der Waals surface area contributed by atoms with E-state index in [1.165, 1.54) is 0 Å². The molecular formula is C18H23N3O4. The molecule has 3 saturated heterocycles. The molecule has 7 nitrogen and oxygen atoms in total. The largest absolute Gasteiger partial charge is 0.396 e. The second-order valence-electron chi connectivity index (χ2n) is 7.30. The van der Waals surface area contributed by atoms with Crippen molar-refractivity contribution in [2.45, 2.75) is 6.92 Å². The van der Waals surface area contributed by atoms with Gasteiger partial charge in [-0.1, -0.05) is 6.07 Å². The lowest BCUT2D eigenvalue weighted by Gasteiger charge is -2.24. The van der Waals surface area contributed by atoms with Gasteiger partial charge in [0.2, 0.25) is 0 Å². The lowest BCUT2D eigenvalue weighted by atomic mass is 9.82.